The molecule has 0 fully saturated rings. The summed E-state index contributed by atoms with van der Waals surface area (Å²) in [6.07, 6.45) is 8.82. The van der Waals surface area contributed by atoms with Gasteiger partial charge in [0.15, 0.2) is 0 Å². The summed E-state index contributed by atoms with van der Waals surface area (Å²) in [7, 11) is -2.11. The molecule has 0 aliphatic carbocycles. The van der Waals surface area contributed by atoms with Crippen molar-refractivity contribution in [1.82, 2.24) is 20.4 Å². The molecule has 0 saturated carbocycles. The lowest BCUT2D eigenvalue weighted by Gasteiger charge is -2.14. The lowest BCUT2D eigenvalue weighted by molar-refractivity contribution is -0.129. The van der Waals surface area contributed by atoms with Gasteiger partial charge >= 0.3 is 0 Å². The first kappa shape index (κ1) is 27.1. The van der Waals surface area contributed by atoms with Crippen LogP contribution in [0.1, 0.15) is 44.2 Å². The number of methoxy groups -OCH3 is 1. The van der Waals surface area contributed by atoms with Gasteiger partial charge in [0, 0.05) is 29.3 Å². The number of nitrogens with one attached hydrogen (secondary N) is 2. The lowest BCUT2D eigenvalue weighted by Crippen LogP contribution is -2.17. The van der Waals surface area contributed by atoms with E-state index >= 15 is 0 Å². The SMILES string of the molecule is COc1ncc(-c2cc(OCCCCCCCC(=O)NO)c3ncnc(C)c3c2)cc1NS(C)(=O)=O. The number of hydrogen-bond acceptors (Lipinski definition) is 9. The fourth-order valence-corrected chi connectivity index (χ4v) is 4.28. The second-order valence-electron chi connectivity index (χ2n) is 8.39. The Morgan fingerprint density at radius 1 is 1.03 bits per heavy atom. The maximum absolute atomic E-state index is 11.8. The summed E-state index contributed by atoms with van der Waals surface area (Å²) in [6, 6.07) is 5.44. The Kier molecular flexibility index (Phi) is 9.37. The number of fused-ring (bicyclic) bond motifs is 1. The Morgan fingerprint density at radius 3 is 2.50 bits per heavy atom. The zero-order chi connectivity index (χ0) is 26.1. The maximum Gasteiger partial charge on any atom is 0.243 e. The molecule has 0 spiro atoms. The summed E-state index contributed by atoms with van der Waals surface area (Å²) in [5.74, 6) is 0.396. The smallest absolute Gasteiger partial charge is 0.243 e. The van der Waals surface area contributed by atoms with E-state index in [9.17, 15) is 13.2 Å². The zero-order valence-corrected chi connectivity index (χ0v) is 21.4. The molecule has 3 rings (SSSR count). The molecule has 3 N–H and O–H groups in total. The molecule has 0 aliphatic heterocycles. The molecule has 3 aromatic rings. The number of hydrogen-bond donors (Lipinski definition) is 3. The number of carbonyl (C=O) groups excluding carboxylic acids is 1. The Bertz CT molecular complexity index is 1320. The van der Waals surface area contributed by atoms with Crippen LogP contribution in [0, 0.1) is 6.92 Å². The number of pyridine rings is 1. The van der Waals surface area contributed by atoms with Crippen LogP contribution < -0.4 is 19.7 Å². The van der Waals surface area contributed by atoms with Crippen LogP contribution in [-0.2, 0) is 14.8 Å². The number of anilines is 1. The van der Waals surface area contributed by atoms with E-state index in [0.717, 1.165) is 55.0 Å². The lowest BCUT2D eigenvalue weighted by atomic mass is 10.0. The summed E-state index contributed by atoms with van der Waals surface area (Å²) in [4.78, 5) is 24.0. The highest BCUT2D eigenvalue weighted by molar-refractivity contribution is 7.92. The highest BCUT2D eigenvalue weighted by Crippen LogP contribution is 2.35. The Hall–Kier alpha value is -3.51. The molecule has 12 heteroatoms. The van der Waals surface area contributed by atoms with Crippen molar-refractivity contribution >= 4 is 32.5 Å². The van der Waals surface area contributed by atoms with Gasteiger partial charge in [-0.3, -0.25) is 14.7 Å². The predicted octanol–water partition coefficient (Wildman–Crippen LogP) is 3.61. The third-order valence-electron chi connectivity index (χ3n) is 5.51. The highest BCUT2D eigenvalue weighted by Gasteiger charge is 2.15. The van der Waals surface area contributed by atoms with E-state index in [1.165, 1.54) is 13.4 Å². The molecule has 0 radical (unpaired) electrons. The van der Waals surface area contributed by atoms with Gasteiger partial charge in [-0.25, -0.2) is 28.8 Å². The third-order valence-corrected chi connectivity index (χ3v) is 6.10. The molecular formula is C24H31N5O6S. The van der Waals surface area contributed by atoms with Gasteiger partial charge in [-0.2, -0.15) is 0 Å². The summed E-state index contributed by atoms with van der Waals surface area (Å²) in [5, 5.41) is 9.34. The number of nitrogens with zero attached hydrogens (tertiary/aromatic N) is 3. The van der Waals surface area contributed by atoms with Crippen molar-refractivity contribution < 1.29 is 27.9 Å². The summed E-state index contributed by atoms with van der Waals surface area (Å²) < 4.78 is 37.4. The number of amides is 1. The van der Waals surface area contributed by atoms with Crippen molar-refractivity contribution in [3.05, 3.63) is 36.4 Å². The van der Waals surface area contributed by atoms with Gasteiger partial charge in [0.05, 0.1) is 20.0 Å². The predicted molar refractivity (Wildman–Crippen MR) is 136 cm³/mol. The highest BCUT2D eigenvalue weighted by atomic mass is 32.2. The topological polar surface area (TPSA) is 153 Å². The van der Waals surface area contributed by atoms with Gasteiger partial charge in [-0.1, -0.05) is 19.3 Å². The molecule has 36 heavy (non-hydrogen) atoms. The summed E-state index contributed by atoms with van der Waals surface area (Å²) in [6.45, 7) is 2.37. The average Bonchev–Trinajstić information content (AvgIpc) is 2.84. The van der Waals surface area contributed by atoms with Gasteiger partial charge in [-0.15, -0.1) is 0 Å². The molecule has 0 aliphatic rings. The quantitative estimate of drug-likeness (QED) is 0.175. The van der Waals surface area contributed by atoms with Crippen molar-refractivity contribution in [2.45, 2.75) is 45.4 Å². The number of benzene rings is 1. The first-order valence-corrected chi connectivity index (χ1v) is 13.4. The number of hydroxylamine groups is 1. The van der Waals surface area contributed by atoms with Crippen molar-refractivity contribution in [3.8, 4) is 22.8 Å². The van der Waals surface area contributed by atoms with Gasteiger partial charge in [0.2, 0.25) is 21.8 Å². The van der Waals surface area contributed by atoms with Gasteiger partial charge in [-0.05, 0) is 43.5 Å². The fourth-order valence-electron chi connectivity index (χ4n) is 3.74. The van der Waals surface area contributed by atoms with Crippen molar-refractivity contribution in [2.75, 3.05) is 24.7 Å². The number of rotatable bonds is 13. The maximum atomic E-state index is 11.8. The van der Waals surface area contributed by atoms with Crippen LogP contribution in [0.15, 0.2) is 30.7 Å². The molecule has 0 bridgehead atoms. The molecular weight excluding hydrogens is 486 g/mol. The normalized spacial score (nSPS) is 11.3. The number of aromatic nitrogens is 3. The van der Waals surface area contributed by atoms with Crippen LogP contribution >= 0.6 is 0 Å². The van der Waals surface area contributed by atoms with Crippen LogP contribution in [0.2, 0.25) is 0 Å². The van der Waals surface area contributed by atoms with Crippen LogP contribution in [0.4, 0.5) is 5.69 Å². The van der Waals surface area contributed by atoms with E-state index in [2.05, 4.69) is 19.7 Å². The van der Waals surface area contributed by atoms with E-state index in [1.54, 1.807) is 17.7 Å². The second-order valence-corrected chi connectivity index (χ2v) is 10.1. The van der Waals surface area contributed by atoms with E-state index in [1.807, 2.05) is 19.1 Å². The average molecular weight is 518 g/mol. The van der Waals surface area contributed by atoms with Crippen molar-refractivity contribution in [1.29, 1.82) is 0 Å². The summed E-state index contributed by atoms with van der Waals surface area (Å²) >= 11 is 0. The van der Waals surface area contributed by atoms with Crippen LogP contribution in [0.3, 0.4) is 0 Å². The first-order chi connectivity index (χ1) is 17.2. The molecule has 11 nitrogen and oxygen atoms in total. The molecule has 1 aromatic carbocycles. The Labute approximate surface area is 210 Å². The zero-order valence-electron chi connectivity index (χ0n) is 20.6. The second kappa shape index (κ2) is 12.5. The van der Waals surface area contributed by atoms with E-state index in [-0.39, 0.29) is 17.5 Å². The van der Waals surface area contributed by atoms with Crippen LogP contribution in [-0.4, -0.2) is 54.5 Å². The Balaban J connectivity index is 1.78. The largest absolute Gasteiger partial charge is 0.491 e. The Morgan fingerprint density at radius 2 is 1.78 bits per heavy atom. The minimum atomic E-state index is -3.53. The van der Waals surface area contributed by atoms with Crippen LogP contribution in [0.5, 0.6) is 11.6 Å². The van der Waals surface area contributed by atoms with Gasteiger partial charge in [0.25, 0.3) is 0 Å². The van der Waals surface area contributed by atoms with E-state index < -0.39 is 10.0 Å². The minimum Gasteiger partial charge on any atom is -0.491 e. The fraction of sp³-hybridized carbons (Fsp3) is 0.417. The molecule has 0 unspecified atom stereocenters. The van der Waals surface area contributed by atoms with Crippen LogP contribution in [0.25, 0.3) is 22.0 Å². The van der Waals surface area contributed by atoms with Crippen molar-refractivity contribution in [3.63, 3.8) is 0 Å². The first-order valence-electron chi connectivity index (χ1n) is 11.5. The number of sulfonamides is 1. The van der Waals surface area contributed by atoms with Gasteiger partial charge in [0.1, 0.15) is 23.3 Å². The monoisotopic (exact) mass is 517 g/mol. The molecule has 2 heterocycles. The minimum absolute atomic E-state index is 0.165. The van der Waals surface area contributed by atoms with E-state index in [4.69, 9.17) is 14.7 Å². The van der Waals surface area contributed by atoms with Crippen molar-refractivity contribution in [2.24, 2.45) is 0 Å². The molecule has 1 amide bonds. The standard InChI is InChI=1S/C24H31N5O6S/c1-16-19-11-17(18-12-20(29-36(3,32)33)24(34-2)25-14-18)13-21(23(19)27-15-26-16)35-10-8-6-4-5-7-9-22(30)28-31/h11-15,29,31H,4-10H2,1-3H3,(H,28,30). The van der Waals surface area contributed by atoms with E-state index in [0.29, 0.717) is 29.9 Å². The summed E-state index contributed by atoms with van der Waals surface area (Å²) in [5.41, 5.74) is 4.79. The third kappa shape index (κ3) is 7.49. The number of aryl methyl sites for hydroxylation is 1. The molecule has 0 atom stereocenters. The molecule has 0 saturated heterocycles. The molecule has 2 aromatic heterocycles. The number of carbonyl (C=O) groups is 1. The molecule has 194 valence electrons. The number of ether oxygens (including phenoxy) is 2. The number of unbranched alkanes of at least 4 members (excludes halogenated alkanes) is 4. The van der Waals surface area contributed by atoms with Gasteiger partial charge < -0.3 is 9.47 Å².